The average molecular weight is 442 g/mol. The second-order valence-corrected chi connectivity index (χ2v) is 8.14. The van der Waals surface area contributed by atoms with Crippen molar-refractivity contribution in [3.05, 3.63) is 47.2 Å². The van der Waals surface area contributed by atoms with Crippen LogP contribution in [0.15, 0.2) is 24.3 Å². The zero-order valence-electron chi connectivity index (χ0n) is 16.9. The fourth-order valence-corrected chi connectivity index (χ4v) is 4.68. The first kappa shape index (κ1) is 19.6. The number of halogens is 1. The van der Waals surface area contributed by atoms with E-state index in [4.69, 9.17) is 9.72 Å². The van der Waals surface area contributed by atoms with Gasteiger partial charge in [-0.1, -0.05) is 0 Å². The Labute approximate surface area is 181 Å². The van der Waals surface area contributed by atoms with Gasteiger partial charge in [0.2, 0.25) is 0 Å². The number of ether oxygens (including phenoxy) is 1. The Balaban J connectivity index is 1.58. The molecule has 0 N–H and O–H groups in total. The van der Waals surface area contributed by atoms with Gasteiger partial charge >= 0.3 is 6.09 Å². The fraction of sp³-hybridized carbons (Fsp3) is 0.350. The Kier molecular flexibility index (Phi) is 4.69. The van der Waals surface area contributed by atoms with Gasteiger partial charge in [-0.3, -0.25) is 9.69 Å². The van der Waals surface area contributed by atoms with Gasteiger partial charge in [-0.15, -0.1) is 0 Å². The number of fused-ring (bicyclic) bond motifs is 1. The van der Waals surface area contributed by atoms with Crippen LogP contribution in [0.1, 0.15) is 34.8 Å². The standard InChI is InChI=1S/C20H19FN6O3S/c1-11-15-16(27-9-10-30-20(27)29)23-17(18-22-12(2)24-31-18)26(15)8-7-25(11)19(28)13-3-5-14(21)6-4-13/h3-6,11H,7-10H2,1-2H3. The van der Waals surface area contributed by atoms with Crippen molar-refractivity contribution >= 4 is 29.4 Å². The molecule has 9 nitrogen and oxygen atoms in total. The number of anilines is 1. The van der Waals surface area contributed by atoms with Crippen molar-refractivity contribution in [1.82, 2.24) is 23.8 Å². The van der Waals surface area contributed by atoms with E-state index >= 15 is 0 Å². The smallest absolute Gasteiger partial charge is 0.415 e. The van der Waals surface area contributed by atoms with Crippen molar-refractivity contribution in [3.8, 4) is 10.8 Å². The summed E-state index contributed by atoms with van der Waals surface area (Å²) < 4.78 is 24.7. The van der Waals surface area contributed by atoms with Crippen LogP contribution in [-0.4, -0.2) is 55.5 Å². The first-order valence-electron chi connectivity index (χ1n) is 9.86. The van der Waals surface area contributed by atoms with Gasteiger partial charge in [0.25, 0.3) is 5.91 Å². The van der Waals surface area contributed by atoms with Crippen LogP contribution in [0.4, 0.5) is 15.0 Å². The summed E-state index contributed by atoms with van der Waals surface area (Å²) in [5, 5.41) is 0.656. The van der Waals surface area contributed by atoms with Crippen LogP contribution < -0.4 is 4.90 Å². The highest BCUT2D eigenvalue weighted by atomic mass is 32.1. The molecule has 160 valence electrons. The molecule has 1 saturated heterocycles. The molecule has 1 fully saturated rings. The molecule has 0 bridgehead atoms. The van der Waals surface area contributed by atoms with E-state index in [-0.39, 0.29) is 18.6 Å². The normalized spacial score (nSPS) is 18.3. The number of benzene rings is 1. The van der Waals surface area contributed by atoms with Crippen molar-refractivity contribution in [2.45, 2.75) is 26.4 Å². The molecule has 2 aliphatic heterocycles. The summed E-state index contributed by atoms with van der Waals surface area (Å²) in [6, 6.07) is 5.13. The summed E-state index contributed by atoms with van der Waals surface area (Å²) in [4.78, 5) is 37.9. The van der Waals surface area contributed by atoms with E-state index < -0.39 is 11.9 Å². The van der Waals surface area contributed by atoms with Crippen LogP contribution in [0.25, 0.3) is 10.8 Å². The summed E-state index contributed by atoms with van der Waals surface area (Å²) >= 11 is 1.24. The topological polar surface area (TPSA) is 93.5 Å². The number of carbonyl (C=O) groups is 2. The van der Waals surface area contributed by atoms with Gasteiger partial charge in [0.15, 0.2) is 16.6 Å². The predicted molar refractivity (Wildman–Crippen MR) is 110 cm³/mol. The van der Waals surface area contributed by atoms with Gasteiger partial charge in [-0.25, -0.2) is 19.2 Å². The fourth-order valence-electron chi connectivity index (χ4n) is 4.01. The Morgan fingerprint density at radius 2 is 1.97 bits per heavy atom. The molecule has 4 heterocycles. The van der Waals surface area contributed by atoms with E-state index in [9.17, 15) is 14.0 Å². The minimum absolute atomic E-state index is 0.205. The van der Waals surface area contributed by atoms with Crippen molar-refractivity contribution < 1.29 is 18.7 Å². The third kappa shape index (κ3) is 3.25. The first-order valence-corrected chi connectivity index (χ1v) is 10.6. The lowest BCUT2D eigenvalue weighted by Gasteiger charge is -2.35. The van der Waals surface area contributed by atoms with Crippen molar-refractivity contribution in [2.75, 3.05) is 24.6 Å². The van der Waals surface area contributed by atoms with E-state index in [2.05, 4.69) is 9.36 Å². The number of aromatic nitrogens is 4. The molecule has 0 spiro atoms. The molecular formula is C20H19FN6O3S. The minimum atomic E-state index is -0.463. The van der Waals surface area contributed by atoms with Gasteiger partial charge in [-0.2, -0.15) is 4.37 Å². The second kappa shape index (κ2) is 7.41. The van der Waals surface area contributed by atoms with Crippen LogP contribution >= 0.6 is 11.5 Å². The van der Waals surface area contributed by atoms with E-state index in [1.807, 2.05) is 18.4 Å². The Hall–Kier alpha value is -3.34. The molecule has 1 atom stereocenters. The number of rotatable bonds is 3. The van der Waals surface area contributed by atoms with Gasteiger partial charge in [-0.05, 0) is 49.6 Å². The van der Waals surface area contributed by atoms with Gasteiger partial charge in [0, 0.05) is 18.7 Å². The molecule has 0 saturated carbocycles. The number of carbonyl (C=O) groups excluding carboxylic acids is 2. The van der Waals surface area contributed by atoms with Gasteiger partial charge in [0.1, 0.15) is 18.2 Å². The molecule has 5 rings (SSSR count). The quantitative estimate of drug-likeness (QED) is 0.619. The van der Waals surface area contributed by atoms with Gasteiger partial charge < -0.3 is 14.2 Å². The number of amides is 2. The third-order valence-electron chi connectivity index (χ3n) is 5.50. The molecule has 1 aromatic carbocycles. The summed E-state index contributed by atoms with van der Waals surface area (Å²) in [6.07, 6.45) is -0.463. The molecule has 2 amide bonds. The van der Waals surface area contributed by atoms with Crippen molar-refractivity contribution in [2.24, 2.45) is 0 Å². The average Bonchev–Trinajstić information content (AvgIpc) is 3.46. The molecule has 1 unspecified atom stereocenters. The van der Waals surface area contributed by atoms with E-state index in [1.54, 1.807) is 4.90 Å². The lowest BCUT2D eigenvalue weighted by atomic mass is 10.1. The minimum Gasteiger partial charge on any atom is -0.447 e. The van der Waals surface area contributed by atoms with Crippen LogP contribution in [0.2, 0.25) is 0 Å². The number of aryl methyl sites for hydroxylation is 1. The van der Waals surface area contributed by atoms with Crippen molar-refractivity contribution in [3.63, 3.8) is 0 Å². The monoisotopic (exact) mass is 442 g/mol. The van der Waals surface area contributed by atoms with Gasteiger partial charge in [0.05, 0.1) is 18.3 Å². The Morgan fingerprint density at radius 1 is 1.19 bits per heavy atom. The Morgan fingerprint density at radius 3 is 2.61 bits per heavy atom. The highest BCUT2D eigenvalue weighted by Gasteiger charge is 2.38. The third-order valence-corrected chi connectivity index (χ3v) is 6.30. The van der Waals surface area contributed by atoms with E-state index in [0.29, 0.717) is 47.7 Å². The highest BCUT2D eigenvalue weighted by molar-refractivity contribution is 7.09. The molecule has 2 aromatic heterocycles. The molecule has 2 aliphatic rings. The van der Waals surface area contributed by atoms with Crippen LogP contribution in [0.5, 0.6) is 0 Å². The molecular weight excluding hydrogens is 423 g/mol. The van der Waals surface area contributed by atoms with Crippen LogP contribution in [-0.2, 0) is 11.3 Å². The number of cyclic esters (lactones) is 1. The lowest BCUT2D eigenvalue weighted by Crippen LogP contribution is -2.42. The molecule has 0 radical (unpaired) electrons. The maximum absolute atomic E-state index is 13.3. The second-order valence-electron chi connectivity index (χ2n) is 7.39. The van der Waals surface area contributed by atoms with Crippen LogP contribution in [0, 0.1) is 12.7 Å². The summed E-state index contributed by atoms with van der Waals surface area (Å²) in [5.41, 5.74) is 1.15. The highest BCUT2D eigenvalue weighted by Crippen LogP contribution is 2.39. The molecule has 0 aliphatic carbocycles. The Bertz CT molecular complexity index is 1170. The zero-order valence-corrected chi connectivity index (χ0v) is 17.7. The summed E-state index contributed by atoms with van der Waals surface area (Å²) in [7, 11) is 0. The number of imidazole rings is 1. The van der Waals surface area contributed by atoms with Crippen LogP contribution in [0.3, 0.4) is 0 Å². The largest absolute Gasteiger partial charge is 0.447 e. The molecule has 11 heteroatoms. The van der Waals surface area contributed by atoms with E-state index in [1.165, 1.54) is 40.7 Å². The summed E-state index contributed by atoms with van der Waals surface area (Å²) in [6.45, 7) is 5.30. The maximum Gasteiger partial charge on any atom is 0.415 e. The molecule has 31 heavy (non-hydrogen) atoms. The number of hydrogen-bond acceptors (Lipinski definition) is 7. The van der Waals surface area contributed by atoms with Crippen molar-refractivity contribution in [1.29, 1.82) is 0 Å². The molecule has 3 aromatic rings. The maximum atomic E-state index is 13.3. The SMILES string of the molecule is Cc1nsc(-c2nc(N3CCOC3=O)c3n2CCN(C(=O)c2ccc(F)cc2)C3C)n1. The number of nitrogens with zero attached hydrogens (tertiary/aromatic N) is 6. The summed E-state index contributed by atoms with van der Waals surface area (Å²) in [5.74, 6) is 1.14. The predicted octanol–water partition coefficient (Wildman–Crippen LogP) is 3.02. The zero-order chi connectivity index (χ0) is 21.7. The lowest BCUT2D eigenvalue weighted by molar-refractivity contribution is 0.0645. The van der Waals surface area contributed by atoms with E-state index in [0.717, 1.165) is 5.69 Å². The number of hydrogen-bond donors (Lipinski definition) is 0. The first-order chi connectivity index (χ1) is 14.9.